The first-order valence-electron chi connectivity index (χ1n) is 21.5. The summed E-state index contributed by atoms with van der Waals surface area (Å²) in [6.45, 7) is 6.40. The first-order valence-corrected chi connectivity index (χ1v) is 21.5. The smallest absolute Gasteiger partial charge is 0.161 e. The molecule has 0 aliphatic heterocycles. The number of aromatic nitrogens is 1. The molecule has 0 fully saturated rings. The number of aliphatic imine (C=N–C) groups is 3. The molecule has 0 aliphatic carbocycles. The summed E-state index contributed by atoms with van der Waals surface area (Å²) in [5.74, 6) is 1.09. The fourth-order valence-electron chi connectivity index (χ4n) is 7.96. The molecule has 4 heteroatoms. The van der Waals surface area contributed by atoms with Gasteiger partial charge in [0.1, 0.15) is 0 Å². The first kappa shape index (κ1) is 41.0. The van der Waals surface area contributed by atoms with Crippen LogP contribution < -0.4 is 0 Å². The molecule has 0 aliphatic rings. The van der Waals surface area contributed by atoms with E-state index in [4.69, 9.17) is 15.0 Å². The van der Waals surface area contributed by atoms with E-state index in [1.165, 1.54) is 16.3 Å². The number of amidine groups is 2. The highest BCUT2D eigenvalue weighted by Gasteiger charge is 2.13. The molecule has 9 aromatic rings. The standard InChI is InChI=1S/C60H46N4/c1-3-4-5-6-9-24-53-41-57(63-56-38-37-48-23-14-15-28-55(48)58(53)56)49-33-29-46(30-34-49)47-31-35-50(36-32-47)60(62-42-43-18-16-25-51(39-43)44-19-10-7-11-20-44)64-59(61-2)54-27-17-26-52(40-54)45-21-12-8-13-22-45/h3-41H,2,42H2,1H3/b4-3-,6-5-,24-9+,62-60?,64-59?. The molecule has 0 bridgehead atoms. The Labute approximate surface area is 375 Å². The second-order valence-electron chi connectivity index (χ2n) is 15.4. The van der Waals surface area contributed by atoms with Crippen molar-refractivity contribution in [3.63, 3.8) is 0 Å². The first-order chi connectivity index (χ1) is 31.6. The van der Waals surface area contributed by atoms with Crippen LogP contribution in [0.3, 0.4) is 0 Å². The summed E-state index contributed by atoms with van der Waals surface area (Å²) in [6, 6.07) is 69.6. The molecule has 0 radical (unpaired) electrons. The topological polar surface area (TPSA) is 50.0 Å². The molecule has 0 amide bonds. The van der Waals surface area contributed by atoms with Gasteiger partial charge in [0.15, 0.2) is 11.7 Å². The Morgan fingerprint density at radius 2 is 1.11 bits per heavy atom. The van der Waals surface area contributed by atoms with Crippen molar-refractivity contribution in [2.24, 2.45) is 15.0 Å². The van der Waals surface area contributed by atoms with Crippen molar-refractivity contribution in [1.29, 1.82) is 0 Å². The minimum Gasteiger partial charge on any atom is -0.261 e. The number of fused-ring (bicyclic) bond motifs is 3. The van der Waals surface area contributed by atoms with E-state index in [1.54, 1.807) is 0 Å². The number of allylic oxidation sites excluding steroid dienone is 5. The Morgan fingerprint density at radius 3 is 1.83 bits per heavy atom. The molecular weight excluding hydrogens is 777 g/mol. The van der Waals surface area contributed by atoms with Gasteiger partial charge >= 0.3 is 0 Å². The molecule has 0 saturated carbocycles. The number of pyridine rings is 1. The zero-order valence-electron chi connectivity index (χ0n) is 35.7. The van der Waals surface area contributed by atoms with Crippen LogP contribution in [0.1, 0.15) is 29.2 Å². The van der Waals surface area contributed by atoms with Gasteiger partial charge in [-0.1, -0.05) is 212 Å². The lowest BCUT2D eigenvalue weighted by Crippen LogP contribution is -2.06. The van der Waals surface area contributed by atoms with Crippen LogP contribution in [0.15, 0.2) is 246 Å². The minimum absolute atomic E-state index is 0.445. The molecule has 306 valence electrons. The summed E-state index contributed by atoms with van der Waals surface area (Å²) >= 11 is 0. The molecule has 1 aromatic heterocycles. The molecule has 0 spiro atoms. The highest BCUT2D eigenvalue weighted by atomic mass is 15.0. The molecule has 1 heterocycles. The van der Waals surface area contributed by atoms with Crippen LogP contribution in [0.2, 0.25) is 0 Å². The van der Waals surface area contributed by atoms with Gasteiger partial charge in [-0.25, -0.2) is 15.0 Å². The second-order valence-corrected chi connectivity index (χ2v) is 15.4. The zero-order valence-corrected chi connectivity index (χ0v) is 35.7. The van der Waals surface area contributed by atoms with E-state index in [0.29, 0.717) is 18.2 Å². The lowest BCUT2D eigenvalue weighted by atomic mass is 9.97. The maximum atomic E-state index is 5.18. The van der Waals surface area contributed by atoms with Crippen molar-refractivity contribution < 1.29 is 0 Å². The van der Waals surface area contributed by atoms with Crippen molar-refractivity contribution in [2.45, 2.75) is 13.5 Å². The summed E-state index contributed by atoms with van der Waals surface area (Å²) in [7, 11) is 0. The Morgan fingerprint density at radius 1 is 0.500 bits per heavy atom. The quantitative estimate of drug-likeness (QED) is 0.0555. The lowest BCUT2D eigenvalue weighted by Gasteiger charge is -2.11. The van der Waals surface area contributed by atoms with Gasteiger partial charge < -0.3 is 0 Å². The Balaban J connectivity index is 1.04. The van der Waals surface area contributed by atoms with Gasteiger partial charge in [0.25, 0.3) is 0 Å². The van der Waals surface area contributed by atoms with Crippen molar-refractivity contribution in [1.82, 2.24) is 4.98 Å². The van der Waals surface area contributed by atoms with E-state index in [2.05, 4.69) is 194 Å². The maximum Gasteiger partial charge on any atom is 0.161 e. The molecule has 0 N–H and O–H groups in total. The van der Waals surface area contributed by atoms with E-state index in [1.807, 2.05) is 61.5 Å². The monoisotopic (exact) mass is 822 g/mol. The van der Waals surface area contributed by atoms with Gasteiger partial charge in [0.05, 0.1) is 17.8 Å². The van der Waals surface area contributed by atoms with Crippen LogP contribution in [0.4, 0.5) is 0 Å². The fraction of sp³-hybridized carbons (Fsp3) is 0.0333. The minimum atomic E-state index is 0.445. The molecule has 0 unspecified atom stereocenters. The molecule has 9 rings (SSSR count). The molecule has 4 nitrogen and oxygen atoms in total. The maximum absolute atomic E-state index is 5.18. The predicted molar refractivity (Wildman–Crippen MR) is 273 cm³/mol. The van der Waals surface area contributed by atoms with Crippen LogP contribution in [0.25, 0.3) is 72.4 Å². The van der Waals surface area contributed by atoms with Crippen molar-refractivity contribution in [3.8, 4) is 44.6 Å². The molecule has 0 atom stereocenters. The molecule has 64 heavy (non-hydrogen) atoms. The summed E-state index contributed by atoms with van der Waals surface area (Å²) in [5, 5.41) is 3.54. The van der Waals surface area contributed by atoms with Gasteiger partial charge in [-0.05, 0) is 93.2 Å². The Bertz CT molecular complexity index is 3230. The number of hydrogen-bond donors (Lipinski definition) is 0. The third-order valence-electron chi connectivity index (χ3n) is 11.2. The number of benzene rings is 8. The SMILES string of the molecule is C=NC(=NC(=NCc1cccc(-c2ccccc2)c1)c1ccc(-c2ccc(-c3cc(/C=C/C=C\C=C/C)c4c(ccc5ccccc54)n3)cc2)cc1)c1cccc(-c2ccccc2)c1. The third kappa shape index (κ3) is 9.42. The number of hydrogen-bond acceptors (Lipinski definition) is 2. The van der Waals surface area contributed by atoms with E-state index < -0.39 is 0 Å². The summed E-state index contributed by atoms with van der Waals surface area (Å²) in [4.78, 5) is 19.9. The van der Waals surface area contributed by atoms with Gasteiger partial charge in [-0.2, -0.15) is 0 Å². The second kappa shape index (κ2) is 19.6. The summed E-state index contributed by atoms with van der Waals surface area (Å²) < 4.78 is 0. The summed E-state index contributed by atoms with van der Waals surface area (Å²) in [5.41, 5.74) is 13.6. The average molecular weight is 823 g/mol. The molecule has 8 aromatic carbocycles. The van der Waals surface area contributed by atoms with E-state index in [9.17, 15) is 0 Å². The molecule has 0 saturated heterocycles. The zero-order chi connectivity index (χ0) is 43.5. The molecular formula is C60H46N4. The number of rotatable bonds is 11. The highest BCUT2D eigenvalue weighted by Crippen LogP contribution is 2.33. The van der Waals surface area contributed by atoms with E-state index >= 15 is 0 Å². The highest BCUT2D eigenvalue weighted by molar-refractivity contribution is 6.13. The average Bonchev–Trinajstić information content (AvgIpc) is 3.37. The normalized spacial score (nSPS) is 12.3. The van der Waals surface area contributed by atoms with Crippen LogP contribution >= 0.6 is 0 Å². The van der Waals surface area contributed by atoms with E-state index in [0.717, 1.165) is 72.2 Å². The number of nitrogens with zero attached hydrogens (tertiary/aromatic N) is 4. The van der Waals surface area contributed by atoms with E-state index in [-0.39, 0.29) is 0 Å². The largest absolute Gasteiger partial charge is 0.261 e. The van der Waals surface area contributed by atoms with Crippen molar-refractivity contribution in [2.75, 3.05) is 0 Å². The van der Waals surface area contributed by atoms with Gasteiger partial charge in [0.2, 0.25) is 0 Å². The van der Waals surface area contributed by atoms with Gasteiger partial charge in [-0.15, -0.1) is 0 Å². The van der Waals surface area contributed by atoms with Crippen LogP contribution in [0, 0.1) is 0 Å². The van der Waals surface area contributed by atoms with Crippen LogP contribution in [0.5, 0.6) is 0 Å². The van der Waals surface area contributed by atoms with Crippen molar-refractivity contribution in [3.05, 3.63) is 253 Å². The fourth-order valence-corrected chi connectivity index (χ4v) is 7.96. The van der Waals surface area contributed by atoms with Crippen LogP contribution in [-0.2, 0) is 6.54 Å². The van der Waals surface area contributed by atoms with Crippen molar-refractivity contribution >= 4 is 46.1 Å². The van der Waals surface area contributed by atoms with Gasteiger partial charge in [0, 0.05) is 22.1 Å². The Kier molecular flexibility index (Phi) is 12.6. The third-order valence-corrected chi connectivity index (χ3v) is 11.2. The summed E-state index contributed by atoms with van der Waals surface area (Å²) in [6.07, 6.45) is 12.4. The van der Waals surface area contributed by atoms with Crippen LogP contribution in [-0.4, -0.2) is 23.4 Å². The Hall–Kier alpha value is -8.34. The van der Waals surface area contributed by atoms with Gasteiger partial charge in [-0.3, -0.25) is 4.99 Å². The lowest BCUT2D eigenvalue weighted by molar-refractivity contribution is 1.06. The predicted octanol–water partition coefficient (Wildman–Crippen LogP) is 15.3.